The first-order valence-electron chi connectivity index (χ1n) is 8.80. The number of aromatic nitrogens is 3. The molecular formula is C20H22ClN5OS. The quantitative estimate of drug-likeness (QED) is 0.558. The van der Waals surface area contributed by atoms with E-state index in [1.54, 1.807) is 24.3 Å². The number of carbonyl (C=O) groups excluding carboxylic acids is 1. The summed E-state index contributed by atoms with van der Waals surface area (Å²) in [7, 11) is 1.90. The van der Waals surface area contributed by atoms with Crippen molar-refractivity contribution < 1.29 is 4.79 Å². The predicted molar refractivity (Wildman–Crippen MR) is 115 cm³/mol. The highest BCUT2D eigenvalue weighted by Crippen LogP contribution is 2.21. The van der Waals surface area contributed by atoms with Crippen molar-refractivity contribution in [2.45, 2.75) is 25.5 Å². The summed E-state index contributed by atoms with van der Waals surface area (Å²) in [5.41, 5.74) is 4.21. The lowest BCUT2D eigenvalue weighted by Gasteiger charge is -2.12. The van der Waals surface area contributed by atoms with Gasteiger partial charge in [-0.1, -0.05) is 41.6 Å². The van der Waals surface area contributed by atoms with E-state index < -0.39 is 0 Å². The van der Waals surface area contributed by atoms with E-state index in [1.807, 2.05) is 17.7 Å². The van der Waals surface area contributed by atoms with Crippen molar-refractivity contribution in [3.05, 3.63) is 64.4 Å². The molecule has 146 valence electrons. The molecule has 1 amide bonds. The second-order valence-corrected chi connectivity index (χ2v) is 7.80. The number of hydrogen-bond donors (Lipinski definition) is 2. The van der Waals surface area contributed by atoms with Gasteiger partial charge in [0, 0.05) is 23.4 Å². The molecule has 0 fully saturated rings. The van der Waals surface area contributed by atoms with Crippen LogP contribution in [0.5, 0.6) is 0 Å². The van der Waals surface area contributed by atoms with Crippen LogP contribution in [0.15, 0.2) is 47.6 Å². The lowest BCUT2D eigenvalue weighted by Crippen LogP contribution is -2.14. The number of carbonyl (C=O) groups is 1. The molecule has 8 heteroatoms. The Kier molecular flexibility index (Phi) is 6.59. The van der Waals surface area contributed by atoms with Gasteiger partial charge in [0.2, 0.25) is 5.91 Å². The van der Waals surface area contributed by atoms with Crippen molar-refractivity contribution in [3.63, 3.8) is 0 Å². The SMILES string of the molecule is Cc1cccc(C)c1NCc1nnc(SCC(=O)Nc2ccc(Cl)cc2)n1C. The van der Waals surface area contributed by atoms with E-state index in [2.05, 4.69) is 46.8 Å². The Morgan fingerprint density at radius 2 is 1.79 bits per heavy atom. The van der Waals surface area contributed by atoms with Crippen LogP contribution in [0.3, 0.4) is 0 Å². The molecule has 1 aromatic heterocycles. The van der Waals surface area contributed by atoms with Gasteiger partial charge in [-0.25, -0.2) is 0 Å². The summed E-state index contributed by atoms with van der Waals surface area (Å²) in [5, 5.41) is 16.0. The van der Waals surface area contributed by atoms with E-state index in [0.717, 1.165) is 11.5 Å². The smallest absolute Gasteiger partial charge is 0.234 e. The van der Waals surface area contributed by atoms with Crippen LogP contribution in [-0.2, 0) is 18.4 Å². The summed E-state index contributed by atoms with van der Waals surface area (Å²) in [6, 6.07) is 13.2. The zero-order valence-corrected chi connectivity index (χ0v) is 17.6. The highest BCUT2D eigenvalue weighted by Gasteiger charge is 2.12. The van der Waals surface area contributed by atoms with Crippen molar-refractivity contribution in [1.29, 1.82) is 0 Å². The molecule has 0 atom stereocenters. The number of hydrogen-bond acceptors (Lipinski definition) is 5. The highest BCUT2D eigenvalue weighted by atomic mass is 35.5. The molecule has 28 heavy (non-hydrogen) atoms. The molecule has 1 heterocycles. The first-order valence-corrected chi connectivity index (χ1v) is 10.2. The van der Waals surface area contributed by atoms with E-state index in [0.29, 0.717) is 22.4 Å². The number of halogens is 1. The summed E-state index contributed by atoms with van der Waals surface area (Å²) in [4.78, 5) is 12.1. The van der Waals surface area contributed by atoms with Gasteiger partial charge in [0.05, 0.1) is 12.3 Å². The summed E-state index contributed by atoms with van der Waals surface area (Å²) in [6.07, 6.45) is 0. The van der Waals surface area contributed by atoms with Crippen LogP contribution in [0, 0.1) is 13.8 Å². The van der Waals surface area contributed by atoms with Crippen LogP contribution >= 0.6 is 23.4 Å². The van der Waals surface area contributed by atoms with Gasteiger partial charge >= 0.3 is 0 Å². The minimum absolute atomic E-state index is 0.106. The molecule has 0 unspecified atom stereocenters. The van der Waals surface area contributed by atoms with Gasteiger partial charge in [0.15, 0.2) is 11.0 Å². The Morgan fingerprint density at radius 3 is 2.46 bits per heavy atom. The molecule has 0 radical (unpaired) electrons. The van der Waals surface area contributed by atoms with Crippen molar-refractivity contribution in [1.82, 2.24) is 14.8 Å². The van der Waals surface area contributed by atoms with Gasteiger partial charge in [0.25, 0.3) is 0 Å². The molecule has 3 aromatic rings. The van der Waals surface area contributed by atoms with Crippen LogP contribution in [0.4, 0.5) is 11.4 Å². The highest BCUT2D eigenvalue weighted by molar-refractivity contribution is 7.99. The van der Waals surface area contributed by atoms with Gasteiger partial charge in [-0.3, -0.25) is 4.79 Å². The Balaban J connectivity index is 1.55. The van der Waals surface area contributed by atoms with Gasteiger partial charge in [-0.2, -0.15) is 0 Å². The standard InChI is InChI=1S/C20H22ClN5OS/c1-13-5-4-6-14(2)19(13)22-11-17-24-25-20(26(17)3)28-12-18(27)23-16-9-7-15(21)8-10-16/h4-10,22H,11-12H2,1-3H3,(H,23,27). The molecule has 0 spiro atoms. The topological polar surface area (TPSA) is 71.8 Å². The third kappa shape index (κ3) is 5.05. The molecule has 3 rings (SSSR count). The normalized spacial score (nSPS) is 10.7. The van der Waals surface area contributed by atoms with Crippen molar-refractivity contribution >= 4 is 40.6 Å². The van der Waals surface area contributed by atoms with E-state index in [1.165, 1.54) is 22.9 Å². The fourth-order valence-corrected chi connectivity index (χ4v) is 3.60. The predicted octanol–water partition coefficient (Wildman–Crippen LogP) is 4.43. The molecular weight excluding hydrogens is 394 g/mol. The number of thioether (sulfide) groups is 1. The third-order valence-electron chi connectivity index (χ3n) is 4.29. The average Bonchev–Trinajstić information content (AvgIpc) is 3.01. The summed E-state index contributed by atoms with van der Waals surface area (Å²) < 4.78 is 1.90. The van der Waals surface area contributed by atoms with Crippen LogP contribution in [0.25, 0.3) is 0 Å². The number of amides is 1. The Hall–Kier alpha value is -2.51. The number of benzene rings is 2. The molecule has 6 nitrogen and oxygen atoms in total. The van der Waals surface area contributed by atoms with Gasteiger partial charge < -0.3 is 15.2 Å². The second-order valence-electron chi connectivity index (χ2n) is 6.42. The lowest BCUT2D eigenvalue weighted by molar-refractivity contribution is -0.113. The van der Waals surface area contributed by atoms with Crippen LogP contribution in [-0.4, -0.2) is 26.4 Å². The van der Waals surface area contributed by atoms with Crippen LogP contribution < -0.4 is 10.6 Å². The first-order chi connectivity index (χ1) is 13.4. The molecule has 0 aliphatic heterocycles. The van der Waals surface area contributed by atoms with E-state index >= 15 is 0 Å². The molecule has 2 aromatic carbocycles. The third-order valence-corrected chi connectivity index (χ3v) is 5.56. The van der Waals surface area contributed by atoms with Gasteiger partial charge in [0.1, 0.15) is 0 Å². The fourth-order valence-electron chi connectivity index (χ4n) is 2.75. The average molecular weight is 416 g/mol. The number of anilines is 2. The Morgan fingerprint density at radius 1 is 1.11 bits per heavy atom. The van der Waals surface area contributed by atoms with Crippen LogP contribution in [0.2, 0.25) is 5.02 Å². The minimum Gasteiger partial charge on any atom is -0.377 e. The van der Waals surface area contributed by atoms with Gasteiger partial charge in [-0.15, -0.1) is 10.2 Å². The van der Waals surface area contributed by atoms with Crippen molar-refractivity contribution in [2.24, 2.45) is 7.05 Å². The number of aryl methyl sites for hydroxylation is 2. The maximum absolute atomic E-state index is 12.1. The molecule has 0 saturated heterocycles. The number of para-hydroxylation sites is 1. The zero-order valence-electron chi connectivity index (χ0n) is 16.0. The Bertz CT molecular complexity index is 951. The molecule has 0 bridgehead atoms. The number of nitrogens with one attached hydrogen (secondary N) is 2. The second kappa shape index (κ2) is 9.12. The summed E-state index contributed by atoms with van der Waals surface area (Å²) in [5.74, 6) is 0.952. The Labute approximate surface area is 173 Å². The molecule has 0 aliphatic rings. The van der Waals surface area contributed by atoms with Crippen molar-refractivity contribution in [2.75, 3.05) is 16.4 Å². The molecule has 0 saturated carbocycles. The summed E-state index contributed by atoms with van der Waals surface area (Å²) in [6.45, 7) is 4.71. The molecule has 0 aliphatic carbocycles. The van der Waals surface area contributed by atoms with Crippen LogP contribution in [0.1, 0.15) is 17.0 Å². The molecule has 2 N–H and O–H groups in total. The van der Waals surface area contributed by atoms with E-state index in [-0.39, 0.29) is 11.7 Å². The summed E-state index contributed by atoms with van der Waals surface area (Å²) >= 11 is 7.20. The lowest BCUT2D eigenvalue weighted by atomic mass is 10.1. The minimum atomic E-state index is -0.106. The maximum Gasteiger partial charge on any atom is 0.234 e. The fraction of sp³-hybridized carbons (Fsp3) is 0.250. The first kappa shape index (κ1) is 20.2. The zero-order chi connectivity index (χ0) is 20.1. The van der Waals surface area contributed by atoms with Crippen molar-refractivity contribution in [3.8, 4) is 0 Å². The maximum atomic E-state index is 12.1. The van der Waals surface area contributed by atoms with E-state index in [4.69, 9.17) is 11.6 Å². The number of rotatable bonds is 7. The monoisotopic (exact) mass is 415 g/mol. The number of nitrogens with zero attached hydrogens (tertiary/aromatic N) is 3. The van der Waals surface area contributed by atoms with E-state index in [9.17, 15) is 4.79 Å². The van der Waals surface area contributed by atoms with Gasteiger partial charge in [-0.05, 0) is 49.2 Å². The largest absolute Gasteiger partial charge is 0.377 e.